The van der Waals surface area contributed by atoms with Gasteiger partial charge in [-0.2, -0.15) is 0 Å². The number of amides is 2. The Bertz CT molecular complexity index is 586. The van der Waals surface area contributed by atoms with Crippen LogP contribution in [-0.4, -0.2) is 23.4 Å². The molecule has 2 rings (SSSR count). The Hall–Kier alpha value is -2.17. The third-order valence-electron chi connectivity index (χ3n) is 3.07. The van der Waals surface area contributed by atoms with Crippen LogP contribution in [0.1, 0.15) is 50.4 Å². The van der Waals surface area contributed by atoms with Crippen LogP contribution in [0.2, 0.25) is 0 Å². The van der Waals surface area contributed by atoms with Gasteiger partial charge >= 0.3 is 6.09 Å². The van der Waals surface area contributed by atoms with Crippen LogP contribution in [0.4, 0.5) is 10.5 Å². The third kappa shape index (κ3) is 3.48. The Morgan fingerprint density at radius 1 is 1.14 bits per heavy atom. The normalized spacial score (nSPS) is 16.0. The molecule has 0 saturated carbocycles. The molecular formula is C16H19NO4. The summed E-state index contributed by atoms with van der Waals surface area (Å²) in [7, 11) is 0. The highest BCUT2D eigenvalue weighted by atomic mass is 16.6. The van der Waals surface area contributed by atoms with E-state index in [9.17, 15) is 14.4 Å². The summed E-state index contributed by atoms with van der Waals surface area (Å²) < 4.78 is 5.29. The van der Waals surface area contributed by atoms with Gasteiger partial charge in [0.05, 0.1) is 5.69 Å². The van der Waals surface area contributed by atoms with Crippen molar-refractivity contribution in [2.24, 2.45) is 0 Å². The molecule has 5 nitrogen and oxygen atoms in total. The maximum atomic E-state index is 12.3. The highest BCUT2D eigenvalue weighted by Gasteiger charge is 2.32. The Labute approximate surface area is 123 Å². The van der Waals surface area contributed by atoms with Crippen molar-refractivity contribution in [3.8, 4) is 0 Å². The number of Topliss-reactive ketones (excluding diaryl/α,β-unsaturated/α-hetero) is 1. The van der Waals surface area contributed by atoms with Crippen molar-refractivity contribution >= 4 is 23.5 Å². The fourth-order valence-corrected chi connectivity index (χ4v) is 2.19. The first-order valence-corrected chi connectivity index (χ1v) is 6.98. The summed E-state index contributed by atoms with van der Waals surface area (Å²) >= 11 is 0. The molecule has 0 saturated heterocycles. The van der Waals surface area contributed by atoms with Gasteiger partial charge in [0.25, 0.3) is 0 Å². The van der Waals surface area contributed by atoms with Crippen molar-refractivity contribution < 1.29 is 19.1 Å². The zero-order chi connectivity index (χ0) is 15.6. The lowest BCUT2D eigenvalue weighted by Crippen LogP contribution is -2.42. The number of ketones is 1. The van der Waals surface area contributed by atoms with E-state index >= 15 is 0 Å². The lowest BCUT2D eigenvalue weighted by atomic mass is 10.00. The van der Waals surface area contributed by atoms with Crippen LogP contribution < -0.4 is 4.90 Å². The van der Waals surface area contributed by atoms with Gasteiger partial charge in [-0.25, -0.2) is 9.69 Å². The molecule has 1 aliphatic heterocycles. The number of hydrogen-bond acceptors (Lipinski definition) is 4. The first-order valence-electron chi connectivity index (χ1n) is 6.98. The largest absolute Gasteiger partial charge is 0.443 e. The molecule has 0 spiro atoms. The Morgan fingerprint density at radius 3 is 2.48 bits per heavy atom. The van der Waals surface area contributed by atoms with Gasteiger partial charge < -0.3 is 4.74 Å². The third-order valence-corrected chi connectivity index (χ3v) is 3.07. The number of benzene rings is 1. The van der Waals surface area contributed by atoms with E-state index in [1.807, 2.05) is 0 Å². The van der Waals surface area contributed by atoms with E-state index in [-0.39, 0.29) is 18.1 Å². The molecule has 0 unspecified atom stereocenters. The van der Waals surface area contributed by atoms with E-state index in [4.69, 9.17) is 4.74 Å². The predicted octanol–water partition coefficient (Wildman–Crippen LogP) is 3.32. The Morgan fingerprint density at radius 2 is 1.81 bits per heavy atom. The zero-order valence-corrected chi connectivity index (χ0v) is 12.5. The van der Waals surface area contributed by atoms with Gasteiger partial charge in [-0.05, 0) is 39.3 Å². The average Bonchev–Trinajstić information content (AvgIpc) is 2.35. The van der Waals surface area contributed by atoms with Crippen LogP contribution in [0.15, 0.2) is 24.3 Å². The van der Waals surface area contributed by atoms with Crippen molar-refractivity contribution in [1.82, 2.24) is 0 Å². The highest BCUT2D eigenvalue weighted by Crippen LogP contribution is 2.27. The number of rotatable bonds is 0. The number of hydrogen-bond donors (Lipinski definition) is 0. The second-order valence-corrected chi connectivity index (χ2v) is 6.00. The summed E-state index contributed by atoms with van der Waals surface area (Å²) in [6.07, 6.45) is 0.157. The number of para-hydroxylation sites is 1. The molecule has 0 N–H and O–H groups in total. The first-order chi connectivity index (χ1) is 9.79. The maximum Gasteiger partial charge on any atom is 0.421 e. The average molecular weight is 289 g/mol. The minimum absolute atomic E-state index is 0.0633. The smallest absolute Gasteiger partial charge is 0.421 e. The van der Waals surface area contributed by atoms with Crippen molar-refractivity contribution in [3.63, 3.8) is 0 Å². The van der Waals surface area contributed by atoms with E-state index in [0.29, 0.717) is 24.1 Å². The number of nitrogens with zero attached hydrogens (tertiary/aromatic N) is 1. The molecule has 21 heavy (non-hydrogen) atoms. The van der Waals surface area contributed by atoms with E-state index in [2.05, 4.69) is 0 Å². The SMILES string of the molecule is CC(C)(C)OC(=O)N1C(=O)CCCC(=O)c2ccccc21. The van der Waals surface area contributed by atoms with Crippen LogP contribution in [0, 0.1) is 0 Å². The van der Waals surface area contributed by atoms with E-state index in [1.54, 1.807) is 45.0 Å². The molecule has 0 radical (unpaired) electrons. The molecule has 0 aliphatic carbocycles. The molecule has 0 aromatic heterocycles. The second-order valence-electron chi connectivity index (χ2n) is 6.00. The molecule has 1 aromatic carbocycles. The van der Waals surface area contributed by atoms with E-state index in [0.717, 1.165) is 4.90 Å². The maximum absolute atomic E-state index is 12.3. The molecule has 0 atom stereocenters. The lowest BCUT2D eigenvalue weighted by molar-refractivity contribution is -0.118. The summed E-state index contributed by atoms with van der Waals surface area (Å²) in [5, 5.41) is 0. The van der Waals surface area contributed by atoms with Crippen molar-refractivity contribution in [2.75, 3.05) is 4.90 Å². The minimum Gasteiger partial charge on any atom is -0.443 e. The monoisotopic (exact) mass is 289 g/mol. The van der Waals surface area contributed by atoms with Gasteiger partial charge in [0, 0.05) is 18.4 Å². The fraction of sp³-hybridized carbons (Fsp3) is 0.438. The highest BCUT2D eigenvalue weighted by molar-refractivity contribution is 6.17. The molecule has 5 heteroatoms. The van der Waals surface area contributed by atoms with Crippen LogP contribution in [0.25, 0.3) is 0 Å². The van der Waals surface area contributed by atoms with Crippen LogP contribution >= 0.6 is 0 Å². The van der Waals surface area contributed by atoms with Gasteiger partial charge in [0.2, 0.25) is 5.91 Å². The fourth-order valence-electron chi connectivity index (χ4n) is 2.19. The minimum atomic E-state index is -0.741. The van der Waals surface area contributed by atoms with Crippen LogP contribution in [0.5, 0.6) is 0 Å². The molecule has 1 heterocycles. The van der Waals surface area contributed by atoms with Crippen molar-refractivity contribution in [3.05, 3.63) is 29.8 Å². The lowest BCUT2D eigenvalue weighted by Gasteiger charge is -2.28. The van der Waals surface area contributed by atoms with Crippen molar-refractivity contribution in [2.45, 2.75) is 45.6 Å². The number of carbonyl (C=O) groups excluding carboxylic acids is 3. The van der Waals surface area contributed by atoms with Crippen LogP contribution in [-0.2, 0) is 9.53 Å². The van der Waals surface area contributed by atoms with Gasteiger partial charge in [-0.15, -0.1) is 0 Å². The van der Waals surface area contributed by atoms with Gasteiger partial charge in [0.1, 0.15) is 5.60 Å². The van der Waals surface area contributed by atoms with Crippen LogP contribution in [0.3, 0.4) is 0 Å². The summed E-state index contributed by atoms with van der Waals surface area (Å²) in [6.45, 7) is 5.20. The number of carbonyl (C=O) groups is 3. The molecule has 0 bridgehead atoms. The number of fused-ring (bicyclic) bond motifs is 1. The summed E-state index contributed by atoms with van der Waals surface area (Å²) in [5.74, 6) is -0.407. The van der Waals surface area contributed by atoms with Gasteiger partial charge in [0.15, 0.2) is 5.78 Å². The summed E-state index contributed by atoms with van der Waals surface area (Å²) in [6, 6.07) is 6.64. The predicted molar refractivity (Wildman–Crippen MR) is 78.3 cm³/mol. The van der Waals surface area contributed by atoms with E-state index in [1.165, 1.54) is 0 Å². The molecule has 2 amide bonds. The Kier molecular flexibility index (Phi) is 4.11. The first kappa shape index (κ1) is 15.2. The quantitative estimate of drug-likeness (QED) is 0.735. The second kappa shape index (κ2) is 5.68. The topological polar surface area (TPSA) is 63.7 Å². The number of anilines is 1. The summed E-state index contributed by atoms with van der Waals surface area (Å²) in [5.41, 5.74) is -0.0172. The Balaban J connectivity index is 2.46. The van der Waals surface area contributed by atoms with Gasteiger partial charge in [-0.3, -0.25) is 9.59 Å². The van der Waals surface area contributed by atoms with Gasteiger partial charge in [-0.1, -0.05) is 12.1 Å². The molecule has 112 valence electrons. The molecular weight excluding hydrogens is 270 g/mol. The van der Waals surface area contributed by atoms with E-state index < -0.39 is 11.7 Å². The molecule has 1 aliphatic rings. The number of ether oxygens (including phenoxy) is 1. The molecule has 1 aromatic rings. The molecule has 0 fully saturated rings. The standard InChI is InChI=1S/C16H19NO4/c1-16(2,3)21-15(20)17-12-8-5-4-7-11(12)13(18)9-6-10-14(17)19/h4-5,7-8H,6,9-10H2,1-3H3. The zero-order valence-electron chi connectivity index (χ0n) is 12.5. The summed E-state index contributed by atoms with van der Waals surface area (Å²) in [4.78, 5) is 37.7. The van der Waals surface area contributed by atoms with Crippen molar-refractivity contribution in [1.29, 1.82) is 0 Å². The number of imide groups is 1.